The van der Waals surface area contributed by atoms with Crippen molar-refractivity contribution in [3.8, 4) is 0 Å². The topological polar surface area (TPSA) is 89.4 Å². The second-order valence-corrected chi connectivity index (χ2v) is 6.65. The molecule has 0 radical (unpaired) electrons. The average molecular weight is 317 g/mol. The lowest BCUT2D eigenvalue weighted by molar-refractivity contribution is 0.177. The van der Waals surface area contributed by atoms with Gasteiger partial charge in [0.15, 0.2) is 5.82 Å². The molecule has 0 bridgehead atoms. The van der Waals surface area contributed by atoms with Crippen molar-refractivity contribution in [3.05, 3.63) is 11.6 Å². The van der Waals surface area contributed by atoms with Crippen LogP contribution in [0.1, 0.15) is 44.4 Å². The summed E-state index contributed by atoms with van der Waals surface area (Å²) in [5, 5.41) is 4.34. The molecular formula is C12H23N5O3S. The minimum absolute atomic E-state index is 0.329. The molecular weight excluding hydrogens is 294 g/mol. The monoisotopic (exact) mass is 317 g/mol. The van der Waals surface area contributed by atoms with Gasteiger partial charge in [-0.3, -0.25) is 0 Å². The molecule has 0 spiro atoms. The smallest absolute Gasteiger partial charge is 0.280 e. The van der Waals surface area contributed by atoms with Crippen LogP contribution >= 0.6 is 0 Å². The van der Waals surface area contributed by atoms with Gasteiger partial charge in [0.2, 0.25) is 0 Å². The number of aryl methyl sites for hydroxylation is 1. The van der Waals surface area contributed by atoms with Gasteiger partial charge in [-0.2, -0.15) is 22.5 Å². The van der Waals surface area contributed by atoms with Crippen LogP contribution in [-0.2, 0) is 28.1 Å². The maximum atomic E-state index is 12.3. The lowest BCUT2D eigenvalue weighted by Crippen LogP contribution is -2.43. The SMILES string of the molecule is CCN(CC)S(=O)(=O)N[C@H]1CCCn2nc(COC)nc21. The Hall–Kier alpha value is -1.03. The number of ether oxygens (including phenoxy) is 1. The predicted molar refractivity (Wildman–Crippen MR) is 77.7 cm³/mol. The van der Waals surface area contributed by atoms with Gasteiger partial charge in [-0.25, -0.2) is 9.67 Å². The van der Waals surface area contributed by atoms with E-state index < -0.39 is 10.2 Å². The van der Waals surface area contributed by atoms with Gasteiger partial charge >= 0.3 is 0 Å². The molecule has 0 aliphatic carbocycles. The summed E-state index contributed by atoms with van der Waals surface area (Å²) in [5.41, 5.74) is 0. The molecule has 120 valence electrons. The highest BCUT2D eigenvalue weighted by Gasteiger charge is 2.30. The molecule has 9 heteroatoms. The zero-order valence-corrected chi connectivity index (χ0v) is 13.6. The molecule has 0 unspecified atom stereocenters. The van der Waals surface area contributed by atoms with Crippen molar-refractivity contribution >= 4 is 10.2 Å². The first-order chi connectivity index (χ1) is 10.0. The number of nitrogens with zero attached hydrogens (tertiary/aromatic N) is 4. The van der Waals surface area contributed by atoms with Gasteiger partial charge in [-0.05, 0) is 12.8 Å². The number of aromatic nitrogens is 3. The molecule has 8 nitrogen and oxygen atoms in total. The van der Waals surface area contributed by atoms with Crippen LogP contribution in [0.3, 0.4) is 0 Å². The normalized spacial score (nSPS) is 19.0. The van der Waals surface area contributed by atoms with E-state index in [2.05, 4.69) is 14.8 Å². The molecule has 2 rings (SSSR count). The summed E-state index contributed by atoms with van der Waals surface area (Å²) in [4.78, 5) is 4.40. The molecule has 0 saturated heterocycles. The van der Waals surface area contributed by atoms with E-state index in [0.717, 1.165) is 19.4 Å². The third-order valence-corrected chi connectivity index (χ3v) is 5.31. The van der Waals surface area contributed by atoms with Crippen LogP contribution in [0.5, 0.6) is 0 Å². The molecule has 0 fully saturated rings. The standard InChI is InChI=1S/C12H23N5O3S/c1-4-16(5-2)21(18,19)15-10-7-6-8-17-12(10)13-11(14-17)9-20-3/h10,15H,4-9H2,1-3H3/t10-/m0/s1. The van der Waals surface area contributed by atoms with E-state index in [4.69, 9.17) is 4.74 Å². The summed E-state index contributed by atoms with van der Waals surface area (Å²) in [6.45, 7) is 5.62. The Morgan fingerprint density at radius 2 is 2.14 bits per heavy atom. The molecule has 1 atom stereocenters. The van der Waals surface area contributed by atoms with Crippen LogP contribution < -0.4 is 4.72 Å². The van der Waals surface area contributed by atoms with Crippen LogP contribution in [0.4, 0.5) is 0 Å². The summed E-state index contributed by atoms with van der Waals surface area (Å²) >= 11 is 0. The summed E-state index contributed by atoms with van der Waals surface area (Å²) in [6.07, 6.45) is 1.60. The molecule has 0 amide bonds. The first-order valence-corrected chi connectivity index (χ1v) is 8.65. The van der Waals surface area contributed by atoms with Crippen molar-refractivity contribution in [3.63, 3.8) is 0 Å². The molecule has 1 aliphatic rings. The Morgan fingerprint density at radius 3 is 2.76 bits per heavy atom. The molecule has 2 heterocycles. The summed E-state index contributed by atoms with van der Waals surface area (Å²) in [6, 6.07) is -0.331. The highest BCUT2D eigenvalue weighted by Crippen LogP contribution is 2.24. The molecule has 21 heavy (non-hydrogen) atoms. The number of fused-ring (bicyclic) bond motifs is 1. The van der Waals surface area contributed by atoms with Crippen molar-refractivity contribution in [2.75, 3.05) is 20.2 Å². The van der Waals surface area contributed by atoms with E-state index in [0.29, 0.717) is 31.3 Å². The van der Waals surface area contributed by atoms with Gasteiger partial charge in [0, 0.05) is 26.7 Å². The first kappa shape index (κ1) is 16.3. The Kier molecular flexibility index (Phi) is 5.31. The third-order valence-electron chi connectivity index (χ3n) is 3.53. The van der Waals surface area contributed by atoms with Crippen molar-refractivity contribution in [1.29, 1.82) is 0 Å². The number of hydrogen-bond acceptors (Lipinski definition) is 5. The van der Waals surface area contributed by atoms with Gasteiger partial charge < -0.3 is 4.74 Å². The molecule has 1 N–H and O–H groups in total. The van der Waals surface area contributed by atoms with Crippen molar-refractivity contribution < 1.29 is 13.2 Å². The minimum Gasteiger partial charge on any atom is -0.377 e. The Bertz CT molecular complexity index is 567. The van der Waals surface area contributed by atoms with E-state index in [1.807, 2.05) is 13.8 Å². The van der Waals surface area contributed by atoms with Crippen molar-refractivity contribution in [1.82, 2.24) is 23.8 Å². The zero-order valence-electron chi connectivity index (χ0n) is 12.7. The van der Waals surface area contributed by atoms with Gasteiger partial charge in [0.05, 0.1) is 6.04 Å². The predicted octanol–water partition coefficient (Wildman–Crippen LogP) is 0.436. The molecule has 1 aromatic heterocycles. The quantitative estimate of drug-likeness (QED) is 0.788. The largest absolute Gasteiger partial charge is 0.377 e. The van der Waals surface area contributed by atoms with Crippen molar-refractivity contribution in [2.45, 2.75) is 45.9 Å². The maximum absolute atomic E-state index is 12.3. The lowest BCUT2D eigenvalue weighted by atomic mass is 10.1. The number of nitrogens with one attached hydrogen (secondary N) is 1. The van der Waals surface area contributed by atoms with Crippen molar-refractivity contribution in [2.24, 2.45) is 0 Å². The summed E-state index contributed by atoms with van der Waals surface area (Å²) in [5.74, 6) is 1.26. The van der Waals surface area contributed by atoms with E-state index in [-0.39, 0.29) is 6.04 Å². The minimum atomic E-state index is -3.50. The summed E-state index contributed by atoms with van der Waals surface area (Å²) in [7, 11) is -1.91. The Balaban J connectivity index is 2.20. The van der Waals surface area contributed by atoms with Gasteiger partial charge in [0.1, 0.15) is 12.4 Å². The Morgan fingerprint density at radius 1 is 1.43 bits per heavy atom. The van der Waals surface area contributed by atoms with Crippen LogP contribution in [0.25, 0.3) is 0 Å². The van der Waals surface area contributed by atoms with Crippen LogP contribution in [0.2, 0.25) is 0 Å². The van der Waals surface area contributed by atoms with E-state index in [1.54, 1.807) is 11.8 Å². The maximum Gasteiger partial charge on any atom is 0.280 e. The molecule has 0 saturated carbocycles. The fourth-order valence-electron chi connectivity index (χ4n) is 2.52. The molecule has 0 aromatic carbocycles. The molecule has 1 aromatic rings. The fourth-order valence-corrected chi connectivity index (χ4v) is 3.93. The fraction of sp³-hybridized carbons (Fsp3) is 0.833. The van der Waals surface area contributed by atoms with Crippen LogP contribution in [-0.4, -0.2) is 47.7 Å². The molecule has 1 aliphatic heterocycles. The van der Waals surface area contributed by atoms with E-state index in [9.17, 15) is 8.42 Å². The van der Waals surface area contributed by atoms with Gasteiger partial charge in [0.25, 0.3) is 10.2 Å². The number of hydrogen-bond donors (Lipinski definition) is 1. The van der Waals surface area contributed by atoms with Gasteiger partial charge in [-0.15, -0.1) is 0 Å². The third kappa shape index (κ3) is 3.60. The second-order valence-electron chi connectivity index (χ2n) is 4.94. The first-order valence-electron chi connectivity index (χ1n) is 7.21. The average Bonchev–Trinajstić information content (AvgIpc) is 2.83. The van der Waals surface area contributed by atoms with Crippen LogP contribution in [0.15, 0.2) is 0 Å². The van der Waals surface area contributed by atoms with E-state index >= 15 is 0 Å². The van der Waals surface area contributed by atoms with E-state index in [1.165, 1.54) is 4.31 Å². The highest BCUT2D eigenvalue weighted by atomic mass is 32.2. The summed E-state index contributed by atoms with van der Waals surface area (Å²) < 4.78 is 35.6. The zero-order chi connectivity index (χ0) is 15.5. The van der Waals surface area contributed by atoms with Gasteiger partial charge in [-0.1, -0.05) is 13.8 Å². The highest BCUT2D eigenvalue weighted by molar-refractivity contribution is 7.87. The Labute approximate surface area is 125 Å². The lowest BCUT2D eigenvalue weighted by Gasteiger charge is -2.26. The van der Waals surface area contributed by atoms with Crippen LogP contribution in [0, 0.1) is 0 Å². The number of methoxy groups -OCH3 is 1. The number of rotatable bonds is 7. The second kappa shape index (κ2) is 6.82.